The van der Waals surface area contributed by atoms with Gasteiger partial charge in [0.2, 0.25) is 15.9 Å². The summed E-state index contributed by atoms with van der Waals surface area (Å²) in [7, 11) is -3.18. The van der Waals surface area contributed by atoms with Crippen LogP contribution in [0, 0.1) is 12.8 Å². The van der Waals surface area contributed by atoms with E-state index in [2.05, 4.69) is 5.32 Å². The van der Waals surface area contributed by atoms with Crippen molar-refractivity contribution >= 4 is 33.2 Å². The lowest BCUT2D eigenvalue weighted by Gasteiger charge is -2.30. The first-order chi connectivity index (χ1) is 11.3. The molecule has 0 aliphatic carbocycles. The van der Waals surface area contributed by atoms with E-state index in [1.807, 2.05) is 19.9 Å². The standard InChI is InChI=1S/C17H25ClN2O3S/c1-3-4-11-24(22,23)20-9-7-14(8-10-20)17(21)19-16-12-15(18)6-5-13(16)2/h5-6,12,14H,3-4,7-11H2,1-2H3,(H,19,21). The van der Waals surface area contributed by atoms with Gasteiger partial charge in [0.1, 0.15) is 0 Å². The van der Waals surface area contributed by atoms with Gasteiger partial charge in [0, 0.05) is 29.7 Å². The molecule has 1 aromatic rings. The number of benzene rings is 1. The minimum Gasteiger partial charge on any atom is -0.326 e. The number of rotatable bonds is 6. The van der Waals surface area contributed by atoms with Gasteiger partial charge < -0.3 is 5.32 Å². The summed E-state index contributed by atoms with van der Waals surface area (Å²) in [5.41, 5.74) is 1.66. The van der Waals surface area contributed by atoms with Crippen LogP contribution in [0.15, 0.2) is 18.2 Å². The summed E-state index contributed by atoms with van der Waals surface area (Å²) in [6, 6.07) is 5.38. The smallest absolute Gasteiger partial charge is 0.227 e. The molecule has 0 radical (unpaired) electrons. The second-order valence-corrected chi connectivity index (χ2v) is 8.82. The van der Waals surface area contributed by atoms with E-state index in [4.69, 9.17) is 11.6 Å². The molecule has 0 bridgehead atoms. The number of hydrogen-bond donors (Lipinski definition) is 1. The van der Waals surface area contributed by atoms with Crippen LogP contribution in [0.1, 0.15) is 38.2 Å². The molecule has 0 saturated carbocycles. The van der Waals surface area contributed by atoms with Crippen LogP contribution in [0.25, 0.3) is 0 Å². The monoisotopic (exact) mass is 372 g/mol. The van der Waals surface area contributed by atoms with Crippen molar-refractivity contribution in [2.75, 3.05) is 24.2 Å². The summed E-state index contributed by atoms with van der Waals surface area (Å²) in [5.74, 6) is -0.0331. The number of nitrogens with one attached hydrogen (secondary N) is 1. The molecule has 1 saturated heterocycles. The van der Waals surface area contributed by atoms with E-state index >= 15 is 0 Å². The number of carbonyl (C=O) groups is 1. The predicted molar refractivity (Wildman–Crippen MR) is 97.8 cm³/mol. The summed E-state index contributed by atoms with van der Waals surface area (Å²) >= 11 is 5.97. The molecule has 5 nitrogen and oxygen atoms in total. The molecular formula is C17H25ClN2O3S. The topological polar surface area (TPSA) is 66.5 Å². The van der Waals surface area contributed by atoms with E-state index in [-0.39, 0.29) is 17.6 Å². The maximum absolute atomic E-state index is 12.4. The third-order valence-corrected chi connectivity index (χ3v) is 6.62. The van der Waals surface area contributed by atoms with Gasteiger partial charge in [0.15, 0.2) is 0 Å². The van der Waals surface area contributed by atoms with Crippen molar-refractivity contribution in [3.05, 3.63) is 28.8 Å². The van der Waals surface area contributed by atoms with Gasteiger partial charge in [0.05, 0.1) is 5.75 Å². The molecule has 24 heavy (non-hydrogen) atoms. The molecule has 1 aromatic carbocycles. The fourth-order valence-electron chi connectivity index (χ4n) is 2.82. The zero-order valence-corrected chi connectivity index (χ0v) is 15.8. The molecule has 0 spiro atoms. The summed E-state index contributed by atoms with van der Waals surface area (Å²) in [4.78, 5) is 12.4. The van der Waals surface area contributed by atoms with E-state index in [0.29, 0.717) is 43.1 Å². The number of aryl methyl sites for hydroxylation is 1. The zero-order valence-electron chi connectivity index (χ0n) is 14.2. The van der Waals surface area contributed by atoms with E-state index in [1.165, 1.54) is 4.31 Å². The van der Waals surface area contributed by atoms with Crippen LogP contribution in [0.5, 0.6) is 0 Å². The van der Waals surface area contributed by atoms with Crippen molar-refractivity contribution in [2.45, 2.75) is 39.5 Å². The van der Waals surface area contributed by atoms with Crippen molar-refractivity contribution in [3.63, 3.8) is 0 Å². The Balaban J connectivity index is 1.92. The Kier molecular flexibility index (Phi) is 6.66. The minimum atomic E-state index is -3.18. The molecule has 0 aromatic heterocycles. The van der Waals surface area contributed by atoms with Crippen molar-refractivity contribution in [2.24, 2.45) is 5.92 Å². The maximum atomic E-state index is 12.4. The summed E-state index contributed by atoms with van der Waals surface area (Å²) in [5, 5.41) is 3.49. The van der Waals surface area contributed by atoms with Crippen LogP contribution in [0.3, 0.4) is 0 Å². The number of sulfonamides is 1. The Hall–Kier alpha value is -1.11. The quantitative estimate of drug-likeness (QED) is 0.831. The molecule has 1 heterocycles. The SMILES string of the molecule is CCCCS(=O)(=O)N1CCC(C(=O)Nc2cc(Cl)ccc2C)CC1. The highest BCUT2D eigenvalue weighted by Crippen LogP contribution is 2.24. The molecule has 2 rings (SSSR count). The number of piperidine rings is 1. The lowest BCUT2D eigenvalue weighted by molar-refractivity contribution is -0.120. The van der Waals surface area contributed by atoms with Crippen LogP contribution in [-0.4, -0.2) is 37.5 Å². The number of unbranched alkanes of at least 4 members (excludes halogenated alkanes) is 1. The van der Waals surface area contributed by atoms with Crippen molar-refractivity contribution in [1.82, 2.24) is 4.31 Å². The van der Waals surface area contributed by atoms with Crippen LogP contribution in [0.2, 0.25) is 5.02 Å². The van der Waals surface area contributed by atoms with Gasteiger partial charge >= 0.3 is 0 Å². The molecule has 0 atom stereocenters. The van der Waals surface area contributed by atoms with Crippen molar-refractivity contribution in [3.8, 4) is 0 Å². The third kappa shape index (κ3) is 4.94. The summed E-state index contributed by atoms with van der Waals surface area (Å²) in [6.07, 6.45) is 2.64. The first kappa shape index (κ1) is 19.2. The van der Waals surface area contributed by atoms with E-state index in [0.717, 1.165) is 12.0 Å². The molecule has 134 valence electrons. The molecule has 7 heteroatoms. The minimum absolute atomic E-state index is 0.0639. The lowest BCUT2D eigenvalue weighted by atomic mass is 9.97. The Labute approximate surface area is 149 Å². The molecule has 1 aliphatic rings. The number of amides is 1. The lowest BCUT2D eigenvalue weighted by Crippen LogP contribution is -2.42. The van der Waals surface area contributed by atoms with Gasteiger partial charge in [-0.25, -0.2) is 12.7 Å². The number of nitrogens with zero attached hydrogens (tertiary/aromatic N) is 1. The Morgan fingerprint density at radius 1 is 1.33 bits per heavy atom. The van der Waals surface area contributed by atoms with Crippen LogP contribution in [-0.2, 0) is 14.8 Å². The highest BCUT2D eigenvalue weighted by atomic mass is 35.5. The molecule has 0 unspecified atom stereocenters. The molecule has 1 aliphatic heterocycles. The van der Waals surface area contributed by atoms with E-state index in [9.17, 15) is 13.2 Å². The fourth-order valence-corrected chi connectivity index (χ4v) is 4.67. The summed E-state index contributed by atoms with van der Waals surface area (Å²) < 4.78 is 25.9. The highest BCUT2D eigenvalue weighted by Gasteiger charge is 2.30. The Morgan fingerprint density at radius 3 is 2.62 bits per heavy atom. The van der Waals surface area contributed by atoms with Gasteiger partial charge in [-0.2, -0.15) is 0 Å². The molecule has 1 N–H and O–H groups in total. The predicted octanol–water partition coefficient (Wildman–Crippen LogP) is 3.43. The van der Waals surface area contributed by atoms with Crippen molar-refractivity contribution < 1.29 is 13.2 Å². The van der Waals surface area contributed by atoms with Gasteiger partial charge in [-0.1, -0.05) is 31.0 Å². The molecule has 1 amide bonds. The largest absolute Gasteiger partial charge is 0.326 e. The fraction of sp³-hybridized carbons (Fsp3) is 0.588. The zero-order chi connectivity index (χ0) is 17.7. The summed E-state index contributed by atoms with van der Waals surface area (Å²) in [6.45, 7) is 4.72. The van der Waals surface area contributed by atoms with Gasteiger partial charge in [-0.05, 0) is 43.9 Å². The van der Waals surface area contributed by atoms with Crippen LogP contribution in [0.4, 0.5) is 5.69 Å². The number of anilines is 1. The first-order valence-corrected chi connectivity index (χ1v) is 10.4. The van der Waals surface area contributed by atoms with E-state index < -0.39 is 10.0 Å². The highest BCUT2D eigenvalue weighted by molar-refractivity contribution is 7.89. The Morgan fingerprint density at radius 2 is 2.00 bits per heavy atom. The van der Waals surface area contributed by atoms with Crippen molar-refractivity contribution in [1.29, 1.82) is 0 Å². The normalized spacial score (nSPS) is 17.0. The Bertz CT molecular complexity index is 683. The molecule has 1 fully saturated rings. The van der Waals surface area contributed by atoms with Crippen LogP contribution < -0.4 is 5.32 Å². The average molecular weight is 373 g/mol. The van der Waals surface area contributed by atoms with Gasteiger partial charge in [0.25, 0.3) is 0 Å². The number of hydrogen-bond acceptors (Lipinski definition) is 3. The van der Waals surface area contributed by atoms with Gasteiger partial charge in [-0.3, -0.25) is 4.79 Å². The average Bonchev–Trinajstić information content (AvgIpc) is 2.56. The second-order valence-electron chi connectivity index (χ2n) is 6.29. The first-order valence-electron chi connectivity index (χ1n) is 8.38. The third-order valence-electron chi connectivity index (χ3n) is 4.43. The second kappa shape index (κ2) is 8.32. The maximum Gasteiger partial charge on any atom is 0.227 e. The van der Waals surface area contributed by atoms with E-state index in [1.54, 1.807) is 12.1 Å². The van der Waals surface area contributed by atoms with Gasteiger partial charge in [-0.15, -0.1) is 0 Å². The van der Waals surface area contributed by atoms with Crippen LogP contribution >= 0.6 is 11.6 Å². The number of carbonyl (C=O) groups excluding carboxylic acids is 1. The molecular weight excluding hydrogens is 348 g/mol. The number of halogens is 1.